The van der Waals surface area contributed by atoms with Crippen LogP contribution in [-0.2, 0) is 0 Å². The number of carbonyl (C=O) groups excluding carboxylic acids is 1. The first-order valence-electron chi connectivity index (χ1n) is 7.89. The molecule has 2 rings (SSSR count). The number of rotatable bonds is 5. The van der Waals surface area contributed by atoms with Crippen LogP contribution < -0.4 is 10.5 Å². The highest BCUT2D eigenvalue weighted by Crippen LogP contribution is 2.24. The highest BCUT2D eigenvalue weighted by molar-refractivity contribution is 5.94. The van der Waals surface area contributed by atoms with E-state index in [4.69, 9.17) is 10.5 Å². The zero-order valence-electron chi connectivity index (χ0n) is 13.0. The molecule has 116 valence electrons. The predicted molar refractivity (Wildman–Crippen MR) is 84.5 cm³/mol. The third kappa shape index (κ3) is 3.97. The normalized spacial score (nSPS) is 22.1. The molecule has 0 saturated carbocycles. The van der Waals surface area contributed by atoms with Crippen LogP contribution in [0, 0.1) is 5.92 Å². The molecule has 1 aromatic carbocycles. The van der Waals surface area contributed by atoms with Crippen molar-refractivity contribution in [1.29, 1.82) is 0 Å². The molecule has 0 bridgehead atoms. The highest BCUT2D eigenvalue weighted by atomic mass is 16.5. The fourth-order valence-electron chi connectivity index (χ4n) is 2.76. The fraction of sp³-hybridized carbons (Fsp3) is 0.588. The van der Waals surface area contributed by atoms with Gasteiger partial charge in [-0.15, -0.1) is 0 Å². The lowest BCUT2D eigenvalue weighted by Gasteiger charge is -2.37. The van der Waals surface area contributed by atoms with Gasteiger partial charge in [0.05, 0.1) is 6.61 Å². The van der Waals surface area contributed by atoms with Crippen LogP contribution in [0.1, 0.15) is 43.5 Å². The molecule has 21 heavy (non-hydrogen) atoms. The number of hydrogen-bond donors (Lipinski definition) is 1. The van der Waals surface area contributed by atoms with Crippen LogP contribution in [0.15, 0.2) is 24.3 Å². The summed E-state index contributed by atoms with van der Waals surface area (Å²) >= 11 is 0. The van der Waals surface area contributed by atoms with Crippen molar-refractivity contribution in [1.82, 2.24) is 4.90 Å². The lowest BCUT2D eigenvalue weighted by molar-refractivity contribution is 0.0566. The van der Waals surface area contributed by atoms with Crippen LogP contribution in [0.2, 0.25) is 0 Å². The molecule has 1 aliphatic rings. The molecule has 0 spiro atoms. The van der Waals surface area contributed by atoms with Gasteiger partial charge in [0, 0.05) is 18.2 Å². The maximum absolute atomic E-state index is 12.7. The van der Waals surface area contributed by atoms with Crippen molar-refractivity contribution in [3.63, 3.8) is 0 Å². The van der Waals surface area contributed by atoms with Crippen molar-refractivity contribution in [2.45, 2.75) is 39.2 Å². The number of benzene rings is 1. The Morgan fingerprint density at radius 1 is 1.43 bits per heavy atom. The van der Waals surface area contributed by atoms with Gasteiger partial charge in [-0.25, -0.2) is 0 Å². The van der Waals surface area contributed by atoms with Gasteiger partial charge < -0.3 is 15.4 Å². The number of carbonyl (C=O) groups is 1. The molecule has 1 fully saturated rings. The van der Waals surface area contributed by atoms with Gasteiger partial charge in [-0.2, -0.15) is 0 Å². The van der Waals surface area contributed by atoms with Gasteiger partial charge in [0.15, 0.2) is 0 Å². The van der Waals surface area contributed by atoms with E-state index in [1.165, 1.54) is 0 Å². The number of nitrogens with two attached hydrogens (primary N) is 1. The highest BCUT2D eigenvalue weighted by Gasteiger charge is 2.29. The third-order valence-electron chi connectivity index (χ3n) is 4.13. The van der Waals surface area contributed by atoms with E-state index >= 15 is 0 Å². The molecule has 0 radical (unpaired) electrons. The van der Waals surface area contributed by atoms with Gasteiger partial charge in [-0.3, -0.25) is 4.79 Å². The zero-order valence-corrected chi connectivity index (χ0v) is 13.0. The Bertz CT molecular complexity index is 476. The third-order valence-corrected chi connectivity index (χ3v) is 4.13. The van der Waals surface area contributed by atoms with Crippen molar-refractivity contribution in [3.05, 3.63) is 29.8 Å². The smallest absolute Gasteiger partial charge is 0.254 e. The molecule has 0 aliphatic carbocycles. The Morgan fingerprint density at radius 2 is 2.24 bits per heavy atom. The number of ether oxygens (including phenoxy) is 1. The van der Waals surface area contributed by atoms with Crippen LogP contribution in [0.3, 0.4) is 0 Å². The fourth-order valence-corrected chi connectivity index (χ4v) is 2.76. The molecule has 4 nitrogen and oxygen atoms in total. The van der Waals surface area contributed by atoms with Crippen LogP contribution in [-0.4, -0.2) is 36.5 Å². The Hall–Kier alpha value is -1.55. The van der Waals surface area contributed by atoms with Crippen molar-refractivity contribution < 1.29 is 9.53 Å². The quantitative estimate of drug-likeness (QED) is 0.907. The molecule has 2 atom stereocenters. The number of likely N-dealkylation sites (tertiary alicyclic amines) is 1. The lowest BCUT2D eigenvalue weighted by Crippen LogP contribution is -2.47. The van der Waals surface area contributed by atoms with E-state index in [-0.39, 0.29) is 11.9 Å². The summed E-state index contributed by atoms with van der Waals surface area (Å²) < 4.78 is 5.61. The molecule has 2 N–H and O–H groups in total. The van der Waals surface area contributed by atoms with Gasteiger partial charge in [0.1, 0.15) is 5.75 Å². The number of hydrogen-bond acceptors (Lipinski definition) is 3. The van der Waals surface area contributed by atoms with Crippen LogP contribution in [0.4, 0.5) is 0 Å². The van der Waals surface area contributed by atoms with E-state index in [0.717, 1.165) is 31.6 Å². The summed E-state index contributed by atoms with van der Waals surface area (Å²) in [5, 5.41) is 0. The Morgan fingerprint density at radius 3 is 2.95 bits per heavy atom. The molecule has 2 unspecified atom stereocenters. The maximum atomic E-state index is 12.7. The predicted octanol–water partition coefficient (Wildman–Crippen LogP) is 2.67. The first kappa shape index (κ1) is 15.8. The van der Waals surface area contributed by atoms with Gasteiger partial charge in [0.2, 0.25) is 0 Å². The van der Waals surface area contributed by atoms with Crippen molar-refractivity contribution in [2.75, 3.05) is 19.7 Å². The van der Waals surface area contributed by atoms with Gasteiger partial charge in [-0.1, -0.05) is 13.0 Å². The van der Waals surface area contributed by atoms with Gasteiger partial charge in [0.25, 0.3) is 5.91 Å². The van der Waals surface area contributed by atoms with Crippen LogP contribution in [0.25, 0.3) is 0 Å². The molecule has 1 heterocycles. The standard InChI is InChI=1S/C17H26N2O2/c1-3-9-21-16-6-4-5-15(10-16)17(20)19-12-14(11-18)8-7-13(19)2/h4-6,10,13-14H,3,7-9,11-12,18H2,1-2H3. The minimum Gasteiger partial charge on any atom is -0.494 e. The van der Waals surface area contributed by atoms with Crippen molar-refractivity contribution in [2.24, 2.45) is 11.7 Å². The molecule has 1 saturated heterocycles. The summed E-state index contributed by atoms with van der Waals surface area (Å²) in [5.74, 6) is 1.27. The number of amides is 1. The Balaban J connectivity index is 2.11. The minimum absolute atomic E-state index is 0.0857. The van der Waals surface area contributed by atoms with E-state index < -0.39 is 0 Å². The molecular weight excluding hydrogens is 264 g/mol. The van der Waals surface area contributed by atoms with Crippen LogP contribution in [0.5, 0.6) is 5.75 Å². The van der Waals surface area contributed by atoms with E-state index in [0.29, 0.717) is 24.6 Å². The topological polar surface area (TPSA) is 55.6 Å². The van der Waals surface area contributed by atoms with Crippen molar-refractivity contribution in [3.8, 4) is 5.75 Å². The Labute approximate surface area is 127 Å². The summed E-state index contributed by atoms with van der Waals surface area (Å²) in [5.41, 5.74) is 6.47. The molecule has 1 amide bonds. The molecule has 0 aromatic heterocycles. The largest absolute Gasteiger partial charge is 0.494 e. The van der Waals surface area contributed by atoms with E-state index in [2.05, 4.69) is 13.8 Å². The minimum atomic E-state index is 0.0857. The average molecular weight is 290 g/mol. The maximum Gasteiger partial charge on any atom is 0.254 e. The second-order valence-corrected chi connectivity index (χ2v) is 5.86. The summed E-state index contributed by atoms with van der Waals surface area (Å²) in [6, 6.07) is 7.76. The summed E-state index contributed by atoms with van der Waals surface area (Å²) in [7, 11) is 0. The average Bonchev–Trinajstić information content (AvgIpc) is 2.53. The SMILES string of the molecule is CCCOc1cccc(C(=O)N2CC(CN)CCC2C)c1. The Kier molecular flexibility index (Phi) is 5.62. The molecular formula is C17H26N2O2. The van der Waals surface area contributed by atoms with E-state index in [9.17, 15) is 4.79 Å². The summed E-state index contributed by atoms with van der Waals surface area (Å²) in [6.45, 7) is 6.26. The first-order chi connectivity index (χ1) is 10.2. The van der Waals surface area contributed by atoms with E-state index in [1.54, 1.807) is 0 Å². The number of nitrogens with zero attached hydrogens (tertiary/aromatic N) is 1. The van der Waals surface area contributed by atoms with E-state index in [1.807, 2.05) is 29.2 Å². The summed E-state index contributed by atoms with van der Waals surface area (Å²) in [6.07, 6.45) is 3.10. The number of piperidine rings is 1. The van der Waals surface area contributed by atoms with Crippen molar-refractivity contribution >= 4 is 5.91 Å². The summed E-state index contributed by atoms with van der Waals surface area (Å²) in [4.78, 5) is 14.7. The first-order valence-corrected chi connectivity index (χ1v) is 7.89. The van der Waals surface area contributed by atoms with Gasteiger partial charge in [-0.05, 0) is 56.8 Å². The van der Waals surface area contributed by atoms with Crippen LogP contribution >= 0.6 is 0 Å². The lowest BCUT2D eigenvalue weighted by atomic mass is 9.93. The van der Waals surface area contributed by atoms with Gasteiger partial charge >= 0.3 is 0 Å². The molecule has 1 aliphatic heterocycles. The second-order valence-electron chi connectivity index (χ2n) is 5.86. The molecule has 4 heteroatoms. The second kappa shape index (κ2) is 7.46. The zero-order chi connectivity index (χ0) is 15.2. The monoisotopic (exact) mass is 290 g/mol. The molecule has 1 aromatic rings.